The van der Waals surface area contributed by atoms with E-state index in [0.29, 0.717) is 6.42 Å². The van der Waals surface area contributed by atoms with E-state index in [1.54, 1.807) is 0 Å². The SMILES string of the molecule is CCC(=O)C(C[C@H](C)N(C)C)(c1cccc(C)c1)c1cccc(C)c1. The predicted octanol–water partition coefficient (Wildman–Crippen LogP) is 4.91. The number of hydrogen-bond donors (Lipinski definition) is 0. The molecule has 25 heavy (non-hydrogen) atoms. The van der Waals surface area contributed by atoms with Gasteiger partial charge in [-0.05, 0) is 52.4 Å². The summed E-state index contributed by atoms with van der Waals surface area (Å²) in [4.78, 5) is 15.6. The van der Waals surface area contributed by atoms with Crippen molar-refractivity contribution in [2.45, 2.75) is 52.0 Å². The number of carbonyl (C=O) groups is 1. The first-order valence-corrected chi connectivity index (χ1v) is 9.15. The molecule has 1 atom stereocenters. The van der Waals surface area contributed by atoms with Crippen LogP contribution in [0.25, 0.3) is 0 Å². The summed E-state index contributed by atoms with van der Waals surface area (Å²) < 4.78 is 0. The van der Waals surface area contributed by atoms with Gasteiger partial charge in [-0.2, -0.15) is 0 Å². The van der Waals surface area contributed by atoms with Crippen LogP contribution in [0.5, 0.6) is 0 Å². The van der Waals surface area contributed by atoms with E-state index in [-0.39, 0.29) is 11.8 Å². The summed E-state index contributed by atoms with van der Waals surface area (Å²) in [6.45, 7) is 8.36. The molecule has 0 unspecified atom stereocenters. The molecule has 0 fully saturated rings. The summed E-state index contributed by atoms with van der Waals surface area (Å²) in [5.74, 6) is 0.289. The molecule has 0 aliphatic heterocycles. The van der Waals surface area contributed by atoms with Crippen molar-refractivity contribution in [2.24, 2.45) is 0 Å². The van der Waals surface area contributed by atoms with Crippen LogP contribution in [0.2, 0.25) is 0 Å². The van der Waals surface area contributed by atoms with Crippen LogP contribution in [0.4, 0.5) is 0 Å². The Bertz CT molecular complexity index is 687. The van der Waals surface area contributed by atoms with E-state index in [1.807, 2.05) is 6.92 Å². The van der Waals surface area contributed by atoms with Gasteiger partial charge in [-0.3, -0.25) is 4.79 Å². The van der Waals surface area contributed by atoms with Crippen LogP contribution in [0.15, 0.2) is 48.5 Å². The molecule has 0 saturated carbocycles. The molecule has 0 bridgehead atoms. The molecular weight excluding hydrogens is 306 g/mol. The highest BCUT2D eigenvalue weighted by atomic mass is 16.1. The molecule has 0 N–H and O–H groups in total. The van der Waals surface area contributed by atoms with Gasteiger partial charge in [0.15, 0.2) is 0 Å². The van der Waals surface area contributed by atoms with Crippen molar-refractivity contribution < 1.29 is 4.79 Å². The zero-order valence-corrected chi connectivity index (χ0v) is 16.5. The van der Waals surface area contributed by atoms with E-state index in [1.165, 1.54) is 11.1 Å². The lowest BCUT2D eigenvalue weighted by molar-refractivity contribution is -0.123. The second-order valence-corrected chi connectivity index (χ2v) is 7.44. The number of Topliss-reactive ketones (excluding diaryl/α,β-unsaturated/α-hetero) is 1. The minimum Gasteiger partial charge on any atom is -0.307 e. The summed E-state index contributed by atoms with van der Waals surface area (Å²) in [6.07, 6.45) is 1.31. The molecule has 0 radical (unpaired) electrons. The van der Waals surface area contributed by atoms with Crippen LogP contribution >= 0.6 is 0 Å². The molecule has 0 spiro atoms. The Labute approximate surface area is 152 Å². The third-order valence-corrected chi connectivity index (χ3v) is 5.30. The molecule has 0 amide bonds. The number of ketones is 1. The molecule has 0 aliphatic carbocycles. The van der Waals surface area contributed by atoms with Crippen molar-refractivity contribution in [1.29, 1.82) is 0 Å². The highest BCUT2D eigenvalue weighted by molar-refractivity contribution is 5.93. The Hall–Kier alpha value is -1.93. The van der Waals surface area contributed by atoms with Crippen LogP contribution in [0.3, 0.4) is 0 Å². The third kappa shape index (κ3) is 4.01. The zero-order chi connectivity index (χ0) is 18.6. The summed E-state index contributed by atoms with van der Waals surface area (Å²) in [6, 6.07) is 17.2. The van der Waals surface area contributed by atoms with Gasteiger partial charge in [0.1, 0.15) is 5.78 Å². The molecule has 134 valence electrons. The van der Waals surface area contributed by atoms with E-state index < -0.39 is 5.41 Å². The van der Waals surface area contributed by atoms with Crippen molar-refractivity contribution in [1.82, 2.24) is 4.90 Å². The Morgan fingerprint density at radius 2 is 1.48 bits per heavy atom. The molecule has 2 aromatic carbocycles. The standard InChI is InChI=1S/C23H31NO/c1-7-22(25)23(16-19(4)24(5)6,20-12-8-10-17(2)14-20)21-13-9-11-18(3)15-21/h8-15,19H,7,16H2,1-6H3/t19-/m0/s1. The van der Waals surface area contributed by atoms with Crippen LogP contribution in [-0.2, 0) is 10.2 Å². The maximum atomic E-state index is 13.4. The first-order valence-electron chi connectivity index (χ1n) is 9.15. The number of aryl methyl sites for hydroxylation is 2. The van der Waals surface area contributed by atoms with Crippen LogP contribution in [0, 0.1) is 13.8 Å². The molecule has 0 saturated heterocycles. The first-order chi connectivity index (χ1) is 11.8. The summed E-state index contributed by atoms with van der Waals surface area (Å²) in [5.41, 5.74) is 4.00. The lowest BCUT2D eigenvalue weighted by Crippen LogP contribution is -2.43. The number of hydrogen-bond acceptors (Lipinski definition) is 2. The largest absolute Gasteiger partial charge is 0.307 e. The van der Waals surface area contributed by atoms with Crippen molar-refractivity contribution in [3.63, 3.8) is 0 Å². The second-order valence-electron chi connectivity index (χ2n) is 7.44. The average molecular weight is 338 g/mol. The Balaban J connectivity index is 2.75. The van der Waals surface area contributed by atoms with Crippen molar-refractivity contribution >= 4 is 5.78 Å². The highest BCUT2D eigenvalue weighted by Gasteiger charge is 2.42. The van der Waals surface area contributed by atoms with Crippen molar-refractivity contribution in [3.8, 4) is 0 Å². The normalized spacial score (nSPS) is 13.1. The molecule has 2 heteroatoms. The Kier molecular flexibility index (Phi) is 6.18. The van der Waals surface area contributed by atoms with Gasteiger partial charge >= 0.3 is 0 Å². The van der Waals surface area contributed by atoms with Gasteiger partial charge in [0.25, 0.3) is 0 Å². The quantitative estimate of drug-likeness (QED) is 0.715. The number of nitrogens with zero attached hydrogens (tertiary/aromatic N) is 1. The highest BCUT2D eigenvalue weighted by Crippen LogP contribution is 2.40. The maximum Gasteiger partial charge on any atom is 0.147 e. The molecule has 2 nitrogen and oxygen atoms in total. The van der Waals surface area contributed by atoms with E-state index >= 15 is 0 Å². The topological polar surface area (TPSA) is 20.3 Å². The van der Waals surface area contributed by atoms with Gasteiger partial charge in [0.2, 0.25) is 0 Å². The molecule has 0 aromatic heterocycles. The Morgan fingerprint density at radius 3 is 1.84 bits per heavy atom. The van der Waals surface area contributed by atoms with Crippen molar-refractivity contribution in [3.05, 3.63) is 70.8 Å². The number of rotatable bonds is 7. The summed E-state index contributed by atoms with van der Waals surface area (Å²) >= 11 is 0. The van der Waals surface area contributed by atoms with Crippen LogP contribution in [0.1, 0.15) is 48.9 Å². The minimum atomic E-state index is -0.601. The molecule has 2 aromatic rings. The van der Waals surface area contributed by atoms with Gasteiger partial charge in [0, 0.05) is 12.5 Å². The van der Waals surface area contributed by atoms with Crippen molar-refractivity contribution in [2.75, 3.05) is 14.1 Å². The average Bonchev–Trinajstić information content (AvgIpc) is 2.58. The fraction of sp³-hybridized carbons (Fsp3) is 0.435. The first kappa shape index (κ1) is 19.4. The molecule has 0 heterocycles. The molecule has 2 rings (SSSR count). The van der Waals surface area contributed by atoms with Crippen LogP contribution < -0.4 is 0 Å². The van der Waals surface area contributed by atoms with Gasteiger partial charge in [-0.15, -0.1) is 0 Å². The zero-order valence-electron chi connectivity index (χ0n) is 16.5. The molecular formula is C23H31NO. The lowest BCUT2D eigenvalue weighted by Gasteiger charge is -2.38. The summed E-state index contributed by atoms with van der Waals surface area (Å²) in [5, 5.41) is 0. The van der Waals surface area contributed by atoms with E-state index in [9.17, 15) is 4.79 Å². The van der Waals surface area contributed by atoms with E-state index in [4.69, 9.17) is 0 Å². The van der Waals surface area contributed by atoms with Gasteiger partial charge < -0.3 is 4.90 Å². The fourth-order valence-corrected chi connectivity index (χ4v) is 3.59. The van der Waals surface area contributed by atoms with E-state index in [2.05, 4.69) is 88.3 Å². The molecule has 0 aliphatic rings. The lowest BCUT2D eigenvalue weighted by atomic mass is 9.66. The monoisotopic (exact) mass is 337 g/mol. The number of carbonyl (C=O) groups excluding carboxylic acids is 1. The predicted molar refractivity (Wildman–Crippen MR) is 106 cm³/mol. The van der Waals surface area contributed by atoms with Gasteiger partial charge in [-0.1, -0.05) is 66.6 Å². The van der Waals surface area contributed by atoms with Crippen LogP contribution in [-0.4, -0.2) is 30.8 Å². The summed E-state index contributed by atoms with van der Waals surface area (Å²) in [7, 11) is 4.16. The fourth-order valence-electron chi connectivity index (χ4n) is 3.59. The van der Waals surface area contributed by atoms with Gasteiger partial charge in [-0.25, -0.2) is 0 Å². The maximum absolute atomic E-state index is 13.4. The van der Waals surface area contributed by atoms with E-state index in [0.717, 1.165) is 17.5 Å². The van der Waals surface area contributed by atoms with Gasteiger partial charge in [0.05, 0.1) is 5.41 Å². The number of benzene rings is 2. The smallest absolute Gasteiger partial charge is 0.147 e. The second kappa shape index (κ2) is 7.97. The third-order valence-electron chi connectivity index (χ3n) is 5.30. The minimum absolute atomic E-state index is 0.288. The Morgan fingerprint density at radius 1 is 1.00 bits per heavy atom.